The van der Waals surface area contributed by atoms with E-state index in [1.807, 2.05) is 0 Å². The third-order valence-electron chi connectivity index (χ3n) is 1.58. The molecule has 0 aliphatic rings. The lowest BCUT2D eigenvalue weighted by Gasteiger charge is -1.96. The molecule has 0 saturated carbocycles. The van der Waals surface area contributed by atoms with Crippen molar-refractivity contribution in [1.29, 1.82) is 0 Å². The Morgan fingerprint density at radius 3 is 2.47 bits per heavy atom. The van der Waals surface area contributed by atoms with E-state index in [0.29, 0.717) is 6.20 Å². The zero-order valence-electron chi connectivity index (χ0n) is 7.29. The van der Waals surface area contributed by atoms with Crippen LogP contribution in [0.15, 0.2) is 24.4 Å². The van der Waals surface area contributed by atoms with Crippen LogP contribution in [0.4, 0.5) is 10.1 Å². The van der Waals surface area contributed by atoms with E-state index in [1.165, 1.54) is 12.1 Å². The van der Waals surface area contributed by atoms with Gasteiger partial charge in [0, 0.05) is 17.7 Å². The molecule has 15 heavy (non-hydrogen) atoms. The largest absolute Gasteiger partial charge is 0.305 e. The van der Waals surface area contributed by atoms with E-state index in [-0.39, 0.29) is 5.56 Å². The molecule has 7 heteroatoms. The number of nitrogens with zero attached hydrogens (tertiary/aromatic N) is 2. The molecule has 1 aromatic rings. The van der Waals surface area contributed by atoms with Crippen molar-refractivity contribution >= 4 is 11.8 Å². The van der Waals surface area contributed by atoms with Crippen LogP contribution in [0, 0.1) is 26.0 Å². The first-order valence-corrected chi connectivity index (χ1v) is 3.77. The average Bonchev–Trinajstić information content (AvgIpc) is 2.15. The van der Waals surface area contributed by atoms with Crippen molar-refractivity contribution in [2.24, 2.45) is 0 Å². The summed E-state index contributed by atoms with van der Waals surface area (Å²) >= 11 is 0. The lowest BCUT2D eigenvalue weighted by Crippen LogP contribution is -1.94. The molecule has 0 heterocycles. The fraction of sp³-hybridized carbons (Fsp3) is 0. The molecule has 78 valence electrons. The third-order valence-corrected chi connectivity index (χ3v) is 1.58. The highest BCUT2D eigenvalue weighted by molar-refractivity contribution is 5.53. The molecule has 1 aromatic carbocycles. The van der Waals surface area contributed by atoms with Crippen molar-refractivity contribution in [2.45, 2.75) is 0 Å². The van der Waals surface area contributed by atoms with Gasteiger partial charge in [-0.1, -0.05) is 12.1 Å². The minimum Gasteiger partial charge on any atom is -0.259 e. The Balaban J connectivity index is 3.15. The first-order valence-electron chi connectivity index (χ1n) is 3.77. The third kappa shape index (κ3) is 2.56. The molecule has 0 N–H and O–H groups in total. The topological polar surface area (TPSA) is 86.3 Å². The Hall–Kier alpha value is -2.31. The van der Waals surface area contributed by atoms with Gasteiger partial charge in [0.05, 0.1) is 9.85 Å². The van der Waals surface area contributed by atoms with Crippen LogP contribution in [0.25, 0.3) is 6.08 Å². The summed E-state index contributed by atoms with van der Waals surface area (Å²) in [6.07, 6.45) is 1.38. The summed E-state index contributed by atoms with van der Waals surface area (Å²) in [7, 11) is 0. The minimum atomic E-state index is -1.08. The van der Waals surface area contributed by atoms with Crippen LogP contribution in [0.2, 0.25) is 0 Å². The molecule has 0 aliphatic carbocycles. The Morgan fingerprint density at radius 2 is 1.93 bits per heavy atom. The molecular weight excluding hydrogens is 207 g/mol. The molecule has 0 spiro atoms. The minimum absolute atomic E-state index is 0.194. The number of hydrogen-bond donors (Lipinski definition) is 0. The molecular formula is C8H5FN2O4. The summed E-state index contributed by atoms with van der Waals surface area (Å²) in [6, 6.07) is 3.45. The molecule has 0 radical (unpaired) electrons. The number of benzene rings is 1. The monoisotopic (exact) mass is 212 g/mol. The molecule has 1 rings (SSSR count). The fourth-order valence-electron chi connectivity index (χ4n) is 0.948. The van der Waals surface area contributed by atoms with Crippen LogP contribution in [0.3, 0.4) is 0 Å². The normalized spacial score (nSPS) is 10.5. The molecule has 0 amide bonds. The van der Waals surface area contributed by atoms with Gasteiger partial charge in [-0.3, -0.25) is 20.2 Å². The highest BCUT2D eigenvalue weighted by Crippen LogP contribution is 2.20. The second kappa shape index (κ2) is 4.27. The standard InChI is InChI=1S/C8H5FN2O4/c9-8-6(4-5-10(12)13)2-1-3-7(8)11(14)15/h1-5H/b5-4-. The van der Waals surface area contributed by atoms with Crippen molar-refractivity contribution < 1.29 is 14.2 Å². The maximum atomic E-state index is 13.3. The van der Waals surface area contributed by atoms with Gasteiger partial charge in [0.1, 0.15) is 0 Å². The first kappa shape index (κ1) is 10.8. The maximum absolute atomic E-state index is 13.3. The van der Waals surface area contributed by atoms with E-state index in [4.69, 9.17) is 0 Å². The van der Waals surface area contributed by atoms with Crippen LogP contribution >= 0.6 is 0 Å². The molecule has 0 fully saturated rings. The van der Waals surface area contributed by atoms with E-state index in [1.54, 1.807) is 0 Å². The van der Waals surface area contributed by atoms with Crippen LogP contribution in [-0.2, 0) is 0 Å². The van der Waals surface area contributed by atoms with Gasteiger partial charge in [-0.05, 0) is 0 Å². The number of halogens is 1. The summed E-state index contributed by atoms with van der Waals surface area (Å²) in [5.74, 6) is -1.08. The van der Waals surface area contributed by atoms with Crippen LogP contribution in [0.1, 0.15) is 5.56 Å². The summed E-state index contributed by atoms with van der Waals surface area (Å²) < 4.78 is 13.3. The van der Waals surface area contributed by atoms with E-state index in [9.17, 15) is 24.6 Å². The number of hydrogen-bond acceptors (Lipinski definition) is 4. The van der Waals surface area contributed by atoms with Gasteiger partial charge in [0.2, 0.25) is 12.0 Å². The maximum Gasteiger partial charge on any atom is 0.305 e. The zero-order chi connectivity index (χ0) is 11.4. The number of nitro groups is 2. The number of rotatable bonds is 3. The fourth-order valence-corrected chi connectivity index (χ4v) is 0.948. The van der Waals surface area contributed by atoms with Gasteiger partial charge >= 0.3 is 5.69 Å². The number of nitro benzene ring substituents is 1. The van der Waals surface area contributed by atoms with Gasteiger partial charge < -0.3 is 0 Å². The smallest absolute Gasteiger partial charge is 0.259 e. The second-order valence-electron chi connectivity index (χ2n) is 2.54. The van der Waals surface area contributed by atoms with Gasteiger partial charge in [0.15, 0.2) is 0 Å². The Kier molecular flexibility index (Phi) is 3.06. The summed E-state index contributed by atoms with van der Waals surface area (Å²) in [5.41, 5.74) is -0.901. The van der Waals surface area contributed by atoms with Crippen LogP contribution in [-0.4, -0.2) is 9.85 Å². The SMILES string of the molecule is O=[N+]([O-])/C=C\c1cccc([N+](=O)[O-])c1F. The summed E-state index contributed by atoms with van der Waals surface area (Å²) in [6.45, 7) is 0. The van der Waals surface area contributed by atoms with Gasteiger partial charge in [-0.25, -0.2) is 0 Å². The van der Waals surface area contributed by atoms with E-state index in [0.717, 1.165) is 12.1 Å². The van der Waals surface area contributed by atoms with Crippen molar-refractivity contribution in [3.8, 4) is 0 Å². The van der Waals surface area contributed by atoms with E-state index in [2.05, 4.69) is 0 Å². The van der Waals surface area contributed by atoms with Crippen LogP contribution < -0.4 is 0 Å². The van der Waals surface area contributed by atoms with Crippen molar-refractivity contribution in [3.05, 3.63) is 56.0 Å². The second-order valence-corrected chi connectivity index (χ2v) is 2.54. The van der Waals surface area contributed by atoms with Crippen molar-refractivity contribution in [3.63, 3.8) is 0 Å². The van der Waals surface area contributed by atoms with Gasteiger partial charge in [-0.15, -0.1) is 0 Å². The average molecular weight is 212 g/mol. The molecule has 0 unspecified atom stereocenters. The summed E-state index contributed by atoms with van der Waals surface area (Å²) in [5, 5.41) is 20.3. The quantitative estimate of drug-likeness (QED) is 0.566. The zero-order valence-corrected chi connectivity index (χ0v) is 7.29. The lowest BCUT2D eigenvalue weighted by atomic mass is 10.2. The lowest BCUT2D eigenvalue weighted by molar-refractivity contribution is -0.401. The van der Waals surface area contributed by atoms with Crippen molar-refractivity contribution in [2.75, 3.05) is 0 Å². The molecule has 6 nitrogen and oxygen atoms in total. The highest BCUT2D eigenvalue weighted by atomic mass is 19.1. The highest BCUT2D eigenvalue weighted by Gasteiger charge is 2.15. The summed E-state index contributed by atoms with van der Waals surface area (Å²) in [4.78, 5) is 18.6. The van der Waals surface area contributed by atoms with Crippen molar-refractivity contribution in [1.82, 2.24) is 0 Å². The Morgan fingerprint density at radius 1 is 1.27 bits per heavy atom. The first-order chi connectivity index (χ1) is 7.02. The van der Waals surface area contributed by atoms with E-state index >= 15 is 0 Å². The predicted molar refractivity (Wildman–Crippen MR) is 49.1 cm³/mol. The molecule has 0 saturated heterocycles. The molecule has 0 atom stereocenters. The molecule has 0 aromatic heterocycles. The Bertz CT molecular complexity index is 444. The predicted octanol–water partition coefficient (Wildman–Crippen LogP) is 1.98. The van der Waals surface area contributed by atoms with Crippen LogP contribution in [0.5, 0.6) is 0 Å². The van der Waals surface area contributed by atoms with Gasteiger partial charge in [0.25, 0.3) is 0 Å². The molecule has 0 bridgehead atoms. The van der Waals surface area contributed by atoms with E-state index < -0.39 is 21.4 Å². The van der Waals surface area contributed by atoms with Gasteiger partial charge in [-0.2, -0.15) is 4.39 Å². The molecule has 0 aliphatic heterocycles. The Labute approximate surface area is 82.9 Å².